The van der Waals surface area contributed by atoms with E-state index >= 15 is 0 Å². The molecule has 0 spiro atoms. The maximum Gasteiger partial charge on any atom is 0.160 e. The van der Waals surface area contributed by atoms with E-state index in [1.54, 1.807) is 24.3 Å². The van der Waals surface area contributed by atoms with Crippen LogP contribution in [0, 0.1) is 0 Å². The van der Waals surface area contributed by atoms with E-state index in [9.17, 15) is 15.3 Å². The summed E-state index contributed by atoms with van der Waals surface area (Å²) in [6.07, 6.45) is 1.82. The average Bonchev–Trinajstić information content (AvgIpc) is 2.67. The van der Waals surface area contributed by atoms with Gasteiger partial charge in [-0.1, -0.05) is 12.1 Å². The van der Waals surface area contributed by atoms with Gasteiger partial charge in [0.25, 0.3) is 0 Å². The Morgan fingerprint density at radius 3 is 2.33 bits per heavy atom. The molecular formula is C21H26O6. The zero-order valence-electron chi connectivity index (χ0n) is 15.6. The Hall–Kier alpha value is -2.44. The van der Waals surface area contributed by atoms with Crippen molar-refractivity contribution in [3.05, 3.63) is 47.5 Å². The number of benzene rings is 2. The largest absolute Gasteiger partial charge is 0.504 e. The van der Waals surface area contributed by atoms with Crippen LogP contribution in [0.1, 0.15) is 36.5 Å². The molecule has 0 aliphatic carbocycles. The van der Waals surface area contributed by atoms with Gasteiger partial charge in [0.1, 0.15) is 0 Å². The number of aliphatic hydroxyl groups is 1. The number of phenols is 2. The van der Waals surface area contributed by atoms with Crippen LogP contribution in [-0.2, 0) is 11.2 Å². The highest BCUT2D eigenvalue weighted by molar-refractivity contribution is 5.43. The van der Waals surface area contributed by atoms with Crippen molar-refractivity contribution in [3.63, 3.8) is 0 Å². The van der Waals surface area contributed by atoms with Gasteiger partial charge < -0.3 is 29.5 Å². The summed E-state index contributed by atoms with van der Waals surface area (Å²) in [4.78, 5) is 0. The lowest BCUT2D eigenvalue weighted by molar-refractivity contribution is -0.0998. The molecule has 3 rings (SSSR count). The van der Waals surface area contributed by atoms with Crippen LogP contribution in [0.3, 0.4) is 0 Å². The lowest BCUT2D eigenvalue weighted by Crippen LogP contribution is -2.31. The molecule has 6 nitrogen and oxygen atoms in total. The molecule has 146 valence electrons. The quantitative estimate of drug-likeness (QED) is 0.719. The predicted octanol–water partition coefficient (Wildman–Crippen LogP) is 3.33. The summed E-state index contributed by atoms with van der Waals surface area (Å²) in [5.74, 6) is 1.04. The first kappa shape index (κ1) is 19.3. The van der Waals surface area contributed by atoms with Gasteiger partial charge in [-0.05, 0) is 54.7 Å². The zero-order chi connectivity index (χ0) is 19.4. The SMILES string of the molecule is COc1cc(CC[C@@H]2C[C@H](O)C[C@H](c3ccc(O)c(OC)c3)O2)ccc1O. The highest BCUT2D eigenvalue weighted by atomic mass is 16.5. The molecule has 1 heterocycles. The van der Waals surface area contributed by atoms with Crippen molar-refractivity contribution in [2.75, 3.05) is 14.2 Å². The molecule has 27 heavy (non-hydrogen) atoms. The predicted molar refractivity (Wildman–Crippen MR) is 100 cm³/mol. The second-order valence-corrected chi connectivity index (χ2v) is 6.85. The van der Waals surface area contributed by atoms with Crippen LogP contribution in [0.2, 0.25) is 0 Å². The van der Waals surface area contributed by atoms with Crippen LogP contribution in [0.25, 0.3) is 0 Å². The van der Waals surface area contributed by atoms with E-state index in [0.717, 1.165) is 24.0 Å². The number of methoxy groups -OCH3 is 2. The molecular weight excluding hydrogens is 348 g/mol. The molecule has 2 aromatic rings. The molecule has 1 aliphatic rings. The molecule has 1 saturated heterocycles. The summed E-state index contributed by atoms with van der Waals surface area (Å²) >= 11 is 0. The maximum absolute atomic E-state index is 10.3. The molecule has 1 fully saturated rings. The number of aliphatic hydroxyl groups excluding tert-OH is 1. The van der Waals surface area contributed by atoms with Crippen molar-refractivity contribution < 1.29 is 29.5 Å². The van der Waals surface area contributed by atoms with Crippen LogP contribution >= 0.6 is 0 Å². The first-order valence-corrected chi connectivity index (χ1v) is 9.06. The number of phenolic OH excluding ortho intramolecular Hbond substituents is 2. The van der Waals surface area contributed by atoms with Gasteiger partial charge in [0, 0.05) is 6.42 Å². The molecule has 0 radical (unpaired) electrons. The number of hydrogen-bond acceptors (Lipinski definition) is 6. The van der Waals surface area contributed by atoms with Gasteiger partial charge in [-0.15, -0.1) is 0 Å². The summed E-state index contributed by atoms with van der Waals surface area (Å²) in [5.41, 5.74) is 1.91. The normalized spacial score (nSPS) is 22.4. The number of rotatable bonds is 6. The fourth-order valence-corrected chi connectivity index (χ4v) is 3.49. The third-order valence-corrected chi connectivity index (χ3v) is 4.95. The van der Waals surface area contributed by atoms with Gasteiger partial charge in [-0.3, -0.25) is 0 Å². The first-order valence-electron chi connectivity index (χ1n) is 9.06. The fourth-order valence-electron chi connectivity index (χ4n) is 3.49. The Kier molecular flexibility index (Phi) is 6.08. The van der Waals surface area contributed by atoms with Gasteiger partial charge in [0.15, 0.2) is 23.0 Å². The lowest BCUT2D eigenvalue weighted by Gasteiger charge is -2.33. The molecule has 0 saturated carbocycles. The Morgan fingerprint density at radius 1 is 0.963 bits per heavy atom. The van der Waals surface area contributed by atoms with E-state index in [-0.39, 0.29) is 23.7 Å². The highest BCUT2D eigenvalue weighted by Crippen LogP contribution is 2.37. The zero-order valence-corrected chi connectivity index (χ0v) is 15.6. The Balaban J connectivity index is 1.66. The van der Waals surface area contributed by atoms with Crippen molar-refractivity contribution in [2.24, 2.45) is 0 Å². The van der Waals surface area contributed by atoms with Crippen molar-refractivity contribution in [1.29, 1.82) is 0 Å². The monoisotopic (exact) mass is 374 g/mol. The van der Waals surface area contributed by atoms with Crippen LogP contribution < -0.4 is 9.47 Å². The van der Waals surface area contributed by atoms with E-state index in [1.807, 2.05) is 12.1 Å². The van der Waals surface area contributed by atoms with Gasteiger partial charge in [0.2, 0.25) is 0 Å². The molecule has 2 aromatic carbocycles. The fraction of sp³-hybridized carbons (Fsp3) is 0.429. The second-order valence-electron chi connectivity index (χ2n) is 6.85. The molecule has 6 heteroatoms. The van der Waals surface area contributed by atoms with Gasteiger partial charge in [-0.25, -0.2) is 0 Å². The van der Waals surface area contributed by atoms with Crippen LogP contribution in [0.5, 0.6) is 23.0 Å². The first-order chi connectivity index (χ1) is 13.0. The minimum atomic E-state index is -0.442. The van der Waals surface area contributed by atoms with E-state index in [2.05, 4.69) is 0 Å². The summed E-state index contributed by atoms with van der Waals surface area (Å²) < 4.78 is 16.5. The molecule has 1 aliphatic heterocycles. The van der Waals surface area contributed by atoms with E-state index in [4.69, 9.17) is 14.2 Å². The third-order valence-electron chi connectivity index (χ3n) is 4.95. The molecule has 3 atom stereocenters. The summed E-state index contributed by atoms with van der Waals surface area (Å²) in [6, 6.07) is 10.4. The Morgan fingerprint density at radius 2 is 1.63 bits per heavy atom. The molecule has 0 bridgehead atoms. The van der Waals surface area contributed by atoms with Crippen LogP contribution in [-0.4, -0.2) is 41.7 Å². The number of ether oxygens (including phenoxy) is 3. The second kappa shape index (κ2) is 8.50. The van der Waals surface area contributed by atoms with Gasteiger partial charge >= 0.3 is 0 Å². The van der Waals surface area contributed by atoms with E-state index in [1.165, 1.54) is 14.2 Å². The van der Waals surface area contributed by atoms with Gasteiger partial charge in [-0.2, -0.15) is 0 Å². The molecule has 0 amide bonds. The molecule has 3 N–H and O–H groups in total. The summed E-state index contributed by atoms with van der Waals surface area (Å²) in [5, 5.41) is 29.8. The maximum atomic E-state index is 10.3. The summed E-state index contributed by atoms with van der Waals surface area (Å²) in [6.45, 7) is 0. The topological polar surface area (TPSA) is 88.4 Å². The lowest BCUT2D eigenvalue weighted by atomic mass is 9.93. The van der Waals surface area contributed by atoms with Crippen molar-refractivity contribution in [1.82, 2.24) is 0 Å². The van der Waals surface area contributed by atoms with E-state index in [0.29, 0.717) is 24.3 Å². The standard InChI is InChI=1S/C21H26O6/c1-25-20-9-13(4-7-17(20)23)3-6-16-11-15(22)12-19(27-16)14-5-8-18(24)21(10-14)26-2/h4-5,7-10,15-16,19,22-24H,3,6,11-12H2,1-2H3/t15-,16+,19+/m0/s1. The molecule has 0 aromatic heterocycles. The van der Waals surface area contributed by atoms with Crippen molar-refractivity contribution >= 4 is 0 Å². The highest BCUT2D eigenvalue weighted by Gasteiger charge is 2.29. The Labute approximate surface area is 158 Å². The average molecular weight is 374 g/mol. The van der Waals surface area contributed by atoms with E-state index < -0.39 is 6.10 Å². The Bertz CT molecular complexity index is 775. The smallest absolute Gasteiger partial charge is 0.160 e. The van der Waals surface area contributed by atoms with Crippen LogP contribution in [0.4, 0.5) is 0 Å². The van der Waals surface area contributed by atoms with Gasteiger partial charge in [0.05, 0.1) is 32.5 Å². The van der Waals surface area contributed by atoms with Crippen molar-refractivity contribution in [3.8, 4) is 23.0 Å². The number of hydrogen-bond donors (Lipinski definition) is 3. The molecule has 0 unspecified atom stereocenters. The van der Waals surface area contributed by atoms with Crippen LogP contribution in [0.15, 0.2) is 36.4 Å². The van der Waals surface area contributed by atoms with Crippen molar-refractivity contribution in [2.45, 2.75) is 44.0 Å². The minimum Gasteiger partial charge on any atom is -0.504 e. The number of aryl methyl sites for hydroxylation is 1. The number of aromatic hydroxyl groups is 2. The minimum absolute atomic E-state index is 0.0791. The third kappa shape index (κ3) is 4.64. The summed E-state index contributed by atoms with van der Waals surface area (Å²) in [7, 11) is 3.03.